The Bertz CT molecular complexity index is 455. The number of hydrogen-bond acceptors (Lipinski definition) is 3. The number of rotatable bonds is 2. The summed E-state index contributed by atoms with van der Waals surface area (Å²) in [6.45, 7) is 0. The van der Waals surface area contributed by atoms with Crippen molar-refractivity contribution in [3.05, 3.63) is 22.2 Å². The van der Waals surface area contributed by atoms with Crippen molar-refractivity contribution in [3.8, 4) is 5.75 Å². The molecule has 4 nitrogen and oxygen atoms in total. The molecule has 14 heavy (non-hydrogen) atoms. The topological polar surface area (TPSA) is 63.6 Å². The minimum absolute atomic E-state index is 0.0597. The molecule has 0 bridgehead atoms. The lowest BCUT2D eigenvalue weighted by molar-refractivity contribution is 0.414. The molecule has 0 amide bonds. The first kappa shape index (κ1) is 11.6. The maximum Gasteiger partial charge on any atom is 0.296 e. The van der Waals surface area contributed by atoms with E-state index < -0.39 is 15.0 Å². The molecule has 1 aromatic carbocycles. The second-order valence-electron chi connectivity index (χ2n) is 2.39. The lowest BCUT2D eigenvalue weighted by atomic mass is 10.3. The molecule has 7 heteroatoms. The van der Waals surface area contributed by atoms with Gasteiger partial charge in [0, 0.05) is 6.07 Å². The fraction of sp³-hybridized carbons (Fsp3) is 0.143. The average molecular weight is 257 g/mol. The van der Waals surface area contributed by atoms with E-state index in [0.717, 1.165) is 6.07 Å². The lowest BCUT2D eigenvalue weighted by Gasteiger charge is -2.06. The fourth-order valence-electron chi connectivity index (χ4n) is 0.864. The van der Waals surface area contributed by atoms with Crippen LogP contribution >= 0.6 is 23.2 Å². The first-order valence-electron chi connectivity index (χ1n) is 3.37. The second-order valence-corrected chi connectivity index (χ2v) is 4.60. The Labute approximate surface area is 91.1 Å². The van der Waals surface area contributed by atoms with E-state index in [4.69, 9.17) is 32.5 Å². The summed E-state index contributed by atoms with van der Waals surface area (Å²) in [7, 11) is -2.99. The first-order chi connectivity index (χ1) is 6.36. The molecule has 0 heterocycles. The van der Waals surface area contributed by atoms with E-state index in [2.05, 4.69) is 0 Å². The summed E-state index contributed by atoms with van der Waals surface area (Å²) in [5.41, 5.74) is 0. The predicted octanol–water partition coefficient (Wildman–Crippen LogP) is 2.25. The van der Waals surface area contributed by atoms with E-state index in [9.17, 15) is 8.42 Å². The number of methoxy groups -OCH3 is 1. The summed E-state index contributed by atoms with van der Waals surface area (Å²) < 4.78 is 35.1. The molecule has 0 spiro atoms. The molecular weight excluding hydrogens is 251 g/mol. The third kappa shape index (κ3) is 2.30. The van der Waals surface area contributed by atoms with Crippen LogP contribution in [0.3, 0.4) is 0 Å². The van der Waals surface area contributed by atoms with Crippen molar-refractivity contribution < 1.29 is 17.7 Å². The van der Waals surface area contributed by atoms with Crippen molar-refractivity contribution in [2.24, 2.45) is 0 Å². The lowest BCUT2D eigenvalue weighted by Crippen LogP contribution is -1.99. The van der Waals surface area contributed by atoms with Gasteiger partial charge in [-0.1, -0.05) is 23.2 Å². The predicted molar refractivity (Wildman–Crippen MR) is 52.8 cm³/mol. The first-order valence-corrected chi connectivity index (χ1v) is 5.56. The molecule has 78 valence electrons. The van der Waals surface area contributed by atoms with Gasteiger partial charge in [-0.2, -0.15) is 8.42 Å². The van der Waals surface area contributed by atoms with Crippen LogP contribution in [-0.4, -0.2) is 20.1 Å². The standard InChI is InChI=1S/C7H6Cl2O4S/c1-13-6-2-5(9)7(3-4(6)8)14(10,11)12/h2-3H,1H3,(H,10,11,12). The molecule has 0 saturated heterocycles. The zero-order valence-electron chi connectivity index (χ0n) is 6.99. The Kier molecular flexibility index (Phi) is 3.26. The minimum Gasteiger partial charge on any atom is -0.495 e. The van der Waals surface area contributed by atoms with Gasteiger partial charge in [-0.3, -0.25) is 4.55 Å². The summed E-state index contributed by atoms with van der Waals surface area (Å²) in [5, 5.41) is -0.0849. The van der Waals surface area contributed by atoms with Gasteiger partial charge in [-0.05, 0) is 6.07 Å². The van der Waals surface area contributed by atoms with Gasteiger partial charge in [0.2, 0.25) is 0 Å². The van der Waals surface area contributed by atoms with Crippen molar-refractivity contribution in [1.29, 1.82) is 0 Å². The van der Waals surface area contributed by atoms with Gasteiger partial charge in [-0.15, -0.1) is 0 Å². The molecule has 0 aliphatic heterocycles. The second kappa shape index (κ2) is 3.94. The highest BCUT2D eigenvalue weighted by molar-refractivity contribution is 7.86. The highest BCUT2D eigenvalue weighted by Crippen LogP contribution is 2.32. The van der Waals surface area contributed by atoms with Crippen LogP contribution in [0.25, 0.3) is 0 Å². The zero-order chi connectivity index (χ0) is 10.9. The molecule has 1 N–H and O–H groups in total. The summed E-state index contributed by atoms with van der Waals surface area (Å²) >= 11 is 11.2. The number of hydrogen-bond donors (Lipinski definition) is 1. The van der Waals surface area contributed by atoms with E-state index >= 15 is 0 Å². The molecular formula is C7H6Cl2O4S. The van der Waals surface area contributed by atoms with Gasteiger partial charge < -0.3 is 4.74 Å². The van der Waals surface area contributed by atoms with Gasteiger partial charge in [0.25, 0.3) is 10.1 Å². The van der Waals surface area contributed by atoms with E-state index in [1.165, 1.54) is 13.2 Å². The Hall–Kier alpha value is -0.490. The van der Waals surface area contributed by atoms with E-state index in [0.29, 0.717) is 0 Å². The highest BCUT2D eigenvalue weighted by Gasteiger charge is 2.17. The summed E-state index contributed by atoms with van der Waals surface area (Å²) in [4.78, 5) is -0.440. The van der Waals surface area contributed by atoms with Crippen molar-refractivity contribution in [2.45, 2.75) is 4.90 Å². The number of benzene rings is 1. The Morgan fingerprint density at radius 2 is 1.86 bits per heavy atom. The van der Waals surface area contributed by atoms with Crippen molar-refractivity contribution in [1.82, 2.24) is 0 Å². The Morgan fingerprint density at radius 1 is 1.29 bits per heavy atom. The van der Waals surface area contributed by atoms with Gasteiger partial charge in [0.15, 0.2) is 0 Å². The number of halogens is 2. The quantitative estimate of drug-likeness (QED) is 0.825. The largest absolute Gasteiger partial charge is 0.495 e. The highest BCUT2D eigenvalue weighted by atomic mass is 35.5. The molecule has 0 fully saturated rings. The van der Waals surface area contributed by atoms with E-state index in [1.807, 2.05) is 0 Å². The molecule has 0 aliphatic rings. The normalized spacial score (nSPS) is 11.4. The number of ether oxygens (including phenoxy) is 1. The molecule has 0 unspecified atom stereocenters. The molecule has 1 aromatic rings. The summed E-state index contributed by atoms with van der Waals surface area (Å²) in [6.07, 6.45) is 0. The smallest absolute Gasteiger partial charge is 0.296 e. The molecule has 0 saturated carbocycles. The minimum atomic E-state index is -4.35. The Balaban J connectivity index is 3.44. The van der Waals surface area contributed by atoms with Gasteiger partial charge >= 0.3 is 0 Å². The average Bonchev–Trinajstić information content (AvgIpc) is 2.06. The summed E-state index contributed by atoms with van der Waals surface area (Å²) in [6, 6.07) is 2.24. The van der Waals surface area contributed by atoms with Crippen LogP contribution in [0.2, 0.25) is 10.0 Å². The van der Waals surface area contributed by atoms with Crippen LogP contribution in [0.4, 0.5) is 0 Å². The third-order valence-corrected chi connectivity index (χ3v) is 3.10. The molecule has 1 rings (SSSR count). The van der Waals surface area contributed by atoms with Crippen molar-refractivity contribution in [2.75, 3.05) is 7.11 Å². The monoisotopic (exact) mass is 256 g/mol. The van der Waals surface area contributed by atoms with Crippen LogP contribution in [0.5, 0.6) is 5.75 Å². The molecule has 0 aromatic heterocycles. The Morgan fingerprint density at radius 3 is 2.29 bits per heavy atom. The van der Waals surface area contributed by atoms with Crippen LogP contribution < -0.4 is 4.74 Å². The fourth-order valence-corrected chi connectivity index (χ4v) is 2.19. The zero-order valence-corrected chi connectivity index (χ0v) is 9.32. The van der Waals surface area contributed by atoms with Gasteiger partial charge in [0.1, 0.15) is 10.6 Å². The van der Waals surface area contributed by atoms with E-state index in [1.54, 1.807) is 0 Å². The van der Waals surface area contributed by atoms with Crippen LogP contribution in [0.1, 0.15) is 0 Å². The van der Waals surface area contributed by atoms with Crippen LogP contribution in [0.15, 0.2) is 17.0 Å². The van der Waals surface area contributed by atoms with Gasteiger partial charge in [-0.25, -0.2) is 0 Å². The maximum atomic E-state index is 10.8. The maximum absolute atomic E-state index is 10.8. The molecule has 0 aliphatic carbocycles. The van der Waals surface area contributed by atoms with Crippen LogP contribution in [0, 0.1) is 0 Å². The molecule has 0 radical (unpaired) electrons. The summed E-state index contributed by atoms with van der Waals surface area (Å²) in [5.74, 6) is 0.240. The SMILES string of the molecule is COc1cc(Cl)c(S(=O)(=O)O)cc1Cl. The van der Waals surface area contributed by atoms with Crippen LogP contribution in [-0.2, 0) is 10.1 Å². The van der Waals surface area contributed by atoms with Gasteiger partial charge in [0.05, 0.1) is 17.2 Å². The third-order valence-electron chi connectivity index (χ3n) is 1.48. The van der Waals surface area contributed by atoms with Crippen molar-refractivity contribution in [3.63, 3.8) is 0 Å². The van der Waals surface area contributed by atoms with E-state index in [-0.39, 0.29) is 15.8 Å². The molecule has 0 atom stereocenters. The van der Waals surface area contributed by atoms with Crippen molar-refractivity contribution >= 4 is 33.3 Å².